The first-order chi connectivity index (χ1) is 9.21. The number of hydrogen-bond acceptors (Lipinski definition) is 5. The molecule has 0 bridgehead atoms. The van der Waals surface area contributed by atoms with Gasteiger partial charge >= 0.3 is 0 Å². The van der Waals surface area contributed by atoms with Gasteiger partial charge in [-0.3, -0.25) is 4.79 Å². The molecular weight excluding hydrogens is 262 g/mol. The molecule has 6 nitrogen and oxygen atoms in total. The number of aromatic nitrogens is 3. The van der Waals surface area contributed by atoms with Gasteiger partial charge in [-0.25, -0.2) is 4.68 Å². The number of nitrogens with two attached hydrogens (primary N) is 1. The zero-order valence-corrected chi connectivity index (χ0v) is 11.6. The van der Waals surface area contributed by atoms with Crippen LogP contribution in [0.5, 0.6) is 0 Å². The van der Waals surface area contributed by atoms with E-state index in [1.54, 1.807) is 17.5 Å². The zero-order chi connectivity index (χ0) is 13.7. The molecule has 2 aromatic rings. The Kier molecular flexibility index (Phi) is 4.64. The fraction of sp³-hybridized carbons (Fsp3) is 0.417. The van der Waals surface area contributed by atoms with Gasteiger partial charge in [0.15, 0.2) is 0 Å². The van der Waals surface area contributed by atoms with Crippen molar-refractivity contribution < 1.29 is 4.79 Å². The molecule has 1 amide bonds. The third-order valence-electron chi connectivity index (χ3n) is 2.63. The highest BCUT2D eigenvalue weighted by atomic mass is 32.1. The van der Waals surface area contributed by atoms with Crippen LogP contribution in [0.3, 0.4) is 0 Å². The summed E-state index contributed by atoms with van der Waals surface area (Å²) in [6, 6.07) is 4.14. The monoisotopic (exact) mass is 279 g/mol. The van der Waals surface area contributed by atoms with Crippen LogP contribution in [0.4, 0.5) is 0 Å². The molecule has 0 saturated carbocycles. The summed E-state index contributed by atoms with van der Waals surface area (Å²) in [5, 5.41) is 10.5. The van der Waals surface area contributed by atoms with Gasteiger partial charge in [-0.2, -0.15) is 0 Å². The second-order valence-electron chi connectivity index (χ2n) is 4.11. The van der Waals surface area contributed by atoms with Gasteiger partial charge in [-0.15, -0.1) is 16.4 Å². The summed E-state index contributed by atoms with van der Waals surface area (Å²) in [5.41, 5.74) is 6.11. The summed E-state index contributed by atoms with van der Waals surface area (Å²) >= 11 is 1.72. The molecular formula is C12H17N5OS. The van der Waals surface area contributed by atoms with Crippen LogP contribution >= 0.6 is 11.3 Å². The lowest BCUT2D eigenvalue weighted by Crippen LogP contribution is -2.27. The van der Waals surface area contributed by atoms with Crippen LogP contribution in [-0.2, 0) is 30.8 Å². The van der Waals surface area contributed by atoms with E-state index in [0.717, 1.165) is 11.3 Å². The van der Waals surface area contributed by atoms with E-state index in [0.29, 0.717) is 18.8 Å². The molecule has 0 aliphatic rings. The highest BCUT2D eigenvalue weighted by Crippen LogP contribution is 2.16. The van der Waals surface area contributed by atoms with Crippen molar-refractivity contribution in [1.82, 2.24) is 20.3 Å². The Labute approximate surface area is 115 Å². The van der Waals surface area contributed by atoms with Crippen LogP contribution in [0.1, 0.15) is 22.4 Å². The molecule has 0 aliphatic heterocycles. The van der Waals surface area contributed by atoms with E-state index in [-0.39, 0.29) is 12.5 Å². The fourth-order valence-corrected chi connectivity index (χ4v) is 2.50. The van der Waals surface area contributed by atoms with Crippen molar-refractivity contribution >= 4 is 17.2 Å². The number of nitrogens with zero attached hydrogens (tertiary/aromatic N) is 3. The van der Waals surface area contributed by atoms with E-state index in [4.69, 9.17) is 5.73 Å². The van der Waals surface area contributed by atoms with E-state index >= 15 is 0 Å². The Morgan fingerprint density at radius 2 is 2.26 bits per heavy atom. The van der Waals surface area contributed by atoms with E-state index in [2.05, 4.69) is 28.6 Å². The number of carbonyl (C=O) groups is 1. The number of thiophene rings is 1. The number of hydrogen-bond donors (Lipinski definition) is 2. The summed E-state index contributed by atoms with van der Waals surface area (Å²) in [6.45, 7) is 3.17. The first-order valence-corrected chi connectivity index (χ1v) is 6.96. The molecule has 2 aromatic heterocycles. The van der Waals surface area contributed by atoms with Crippen LogP contribution in [-0.4, -0.2) is 20.9 Å². The third kappa shape index (κ3) is 3.87. The molecule has 2 heterocycles. The van der Waals surface area contributed by atoms with Crippen molar-refractivity contribution in [3.05, 3.63) is 33.8 Å². The highest BCUT2D eigenvalue weighted by Gasteiger charge is 2.06. The summed E-state index contributed by atoms with van der Waals surface area (Å²) in [4.78, 5) is 14.2. The van der Waals surface area contributed by atoms with Crippen molar-refractivity contribution in [2.24, 2.45) is 5.73 Å². The minimum absolute atomic E-state index is 0.0834. The van der Waals surface area contributed by atoms with Gasteiger partial charge in [-0.05, 0) is 18.6 Å². The average molecular weight is 279 g/mol. The average Bonchev–Trinajstić information content (AvgIpc) is 3.04. The Hall–Kier alpha value is -1.73. The van der Waals surface area contributed by atoms with Gasteiger partial charge in [0.05, 0.1) is 18.4 Å². The molecule has 0 radical (unpaired) electrons. The minimum Gasteiger partial charge on any atom is -0.350 e. The molecule has 0 aliphatic carbocycles. The van der Waals surface area contributed by atoms with Crippen molar-refractivity contribution in [3.8, 4) is 0 Å². The zero-order valence-electron chi connectivity index (χ0n) is 10.8. The van der Waals surface area contributed by atoms with E-state index in [9.17, 15) is 4.79 Å². The van der Waals surface area contributed by atoms with Crippen LogP contribution in [0.2, 0.25) is 0 Å². The maximum atomic E-state index is 11.7. The maximum Gasteiger partial charge on any atom is 0.242 e. The third-order valence-corrected chi connectivity index (χ3v) is 3.86. The van der Waals surface area contributed by atoms with Crippen LogP contribution in [0.25, 0.3) is 0 Å². The Balaban J connectivity index is 1.81. The molecule has 3 N–H and O–H groups in total. The lowest BCUT2D eigenvalue weighted by Gasteiger charge is -2.03. The van der Waals surface area contributed by atoms with Crippen LogP contribution in [0.15, 0.2) is 18.3 Å². The normalized spacial score (nSPS) is 10.6. The molecule has 102 valence electrons. The summed E-state index contributed by atoms with van der Waals surface area (Å²) in [7, 11) is 0. The van der Waals surface area contributed by atoms with E-state index < -0.39 is 0 Å². The second-order valence-corrected chi connectivity index (χ2v) is 5.36. The van der Waals surface area contributed by atoms with Gasteiger partial charge in [0.1, 0.15) is 6.54 Å². The SMILES string of the molecule is CCc1ccc(CNC(=O)Cn2cc(CN)nn2)s1. The number of amides is 1. The summed E-state index contributed by atoms with van der Waals surface area (Å²) in [5.74, 6) is -0.0834. The maximum absolute atomic E-state index is 11.7. The first-order valence-electron chi connectivity index (χ1n) is 6.14. The summed E-state index contributed by atoms with van der Waals surface area (Å²) < 4.78 is 1.49. The molecule has 0 aromatic carbocycles. The van der Waals surface area contributed by atoms with Crippen molar-refractivity contribution in [2.75, 3.05) is 0 Å². The number of rotatable bonds is 6. The number of carbonyl (C=O) groups excluding carboxylic acids is 1. The van der Waals surface area contributed by atoms with E-state index in [1.807, 2.05) is 6.07 Å². The molecule has 7 heteroatoms. The predicted octanol–water partition coefficient (Wildman–Crippen LogP) is 0.677. The van der Waals surface area contributed by atoms with Crippen molar-refractivity contribution in [1.29, 1.82) is 0 Å². The minimum atomic E-state index is -0.0834. The van der Waals surface area contributed by atoms with Crippen molar-refractivity contribution in [2.45, 2.75) is 33.0 Å². The van der Waals surface area contributed by atoms with Gasteiger partial charge in [0, 0.05) is 16.3 Å². The Morgan fingerprint density at radius 1 is 1.47 bits per heavy atom. The molecule has 0 fully saturated rings. The predicted molar refractivity (Wildman–Crippen MR) is 73.5 cm³/mol. The number of aryl methyl sites for hydroxylation is 1. The van der Waals surface area contributed by atoms with Crippen molar-refractivity contribution in [3.63, 3.8) is 0 Å². The second kappa shape index (κ2) is 6.44. The van der Waals surface area contributed by atoms with Gasteiger partial charge < -0.3 is 11.1 Å². The highest BCUT2D eigenvalue weighted by molar-refractivity contribution is 7.11. The first kappa shape index (κ1) is 13.7. The topological polar surface area (TPSA) is 85.8 Å². The van der Waals surface area contributed by atoms with Gasteiger partial charge in [0.2, 0.25) is 5.91 Å². The summed E-state index contributed by atoms with van der Waals surface area (Å²) in [6.07, 6.45) is 2.71. The molecule has 2 rings (SSSR count). The molecule has 19 heavy (non-hydrogen) atoms. The standard InChI is InChI=1S/C12H17N5OS/c1-2-10-3-4-11(19-10)6-14-12(18)8-17-7-9(5-13)15-16-17/h3-4,7H,2,5-6,8,13H2,1H3,(H,14,18). The smallest absolute Gasteiger partial charge is 0.242 e. The quantitative estimate of drug-likeness (QED) is 0.814. The molecule has 0 spiro atoms. The largest absolute Gasteiger partial charge is 0.350 e. The van der Waals surface area contributed by atoms with Crippen LogP contribution < -0.4 is 11.1 Å². The van der Waals surface area contributed by atoms with E-state index in [1.165, 1.54) is 9.56 Å². The van der Waals surface area contributed by atoms with Gasteiger partial charge in [0.25, 0.3) is 0 Å². The Bertz CT molecular complexity index is 548. The van der Waals surface area contributed by atoms with Crippen LogP contribution in [0, 0.1) is 0 Å². The lowest BCUT2D eigenvalue weighted by molar-refractivity contribution is -0.122. The van der Waals surface area contributed by atoms with Gasteiger partial charge in [-0.1, -0.05) is 12.1 Å². The fourth-order valence-electron chi connectivity index (χ4n) is 1.61. The Morgan fingerprint density at radius 3 is 2.89 bits per heavy atom. The lowest BCUT2D eigenvalue weighted by atomic mass is 10.3. The number of nitrogens with one attached hydrogen (secondary N) is 1. The molecule has 0 saturated heterocycles. The molecule has 0 unspecified atom stereocenters. The molecule has 0 atom stereocenters.